The molecular formula is C11H14N2O. The molecule has 2 atom stereocenters. The van der Waals surface area contributed by atoms with Gasteiger partial charge in [0.25, 0.3) is 0 Å². The molecule has 0 spiro atoms. The van der Waals surface area contributed by atoms with E-state index in [1.54, 1.807) is 6.07 Å². The zero-order valence-corrected chi connectivity index (χ0v) is 7.98. The minimum absolute atomic E-state index is 0.321. The lowest BCUT2D eigenvalue weighted by Crippen LogP contribution is -2.27. The average molecular weight is 190 g/mol. The van der Waals surface area contributed by atoms with Crippen LogP contribution < -0.4 is 10.6 Å². The van der Waals surface area contributed by atoms with Crippen molar-refractivity contribution in [2.75, 3.05) is 11.4 Å². The molecule has 2 aliphatic heterocycles. The Kier molecular flexibility index (Phi) is 1.53. The molecule has 1 fully saturated rings. The van der Waals surface area contributed by atoms with E-state index in [4.69, 9.17) is 5.73 Å². The summed E-state index contributed by atoms with van der Waals surface area (Å²) in [5.74, 6) is 0.370. The topological polar surface area (TPSA) is 49.5 Å². The number of nitrogens with zero attached hydrogens (tertiary/aromatic N) is 1. The van der Waals surface area contributed by atoms with Crippen LogP contribution in [0.3, 0.4) is 0 Å². The number of hydrogen-bond acceptors (Lipinski definition) is 3. The van der Waals surface area contributed by atoms with Crippen LogP contribution in [0.1, 0.15) is 12.0 Å². The minimum atomic E-state index is 0.321. The van der Waals surface area contributed by atoms with E-state index in [1.165, 1.54) is 11.3 Å². The van der Waals surface area contributed by atoms with Crippen molar-refractivity contribution < 1.29 is 5.11 Å². The highest BCUT2D eigenvalue weighted by Gasteiger charge is 2.36. The van der Waals surface area contributed by atoms with Crippen molar-refractivity contribution in [1.82, 2.24) is 0 Å². The first-order chi connectivity index (χ1) is 6.74. The van der Waals surface area contributed by atoms with Gasteiger partial charge in [-0.15, -0.1) is 0 Å². The smallest absolute Gasteiger partial charge is 0.116 e. The van der Waals surface area contributed by atoms with Gasteiger partial charge in [0.2, 0.25) is 0 Å². The summed E-state index contributed by atoms with van der Waals surface area (Å²) >= 11 is 0. The van der Waals surface area contributed by atoms with Crippen LogP contribution in [-0.4, -0.2) is 23.7 Å². The fourth-order valence-electron chi connectivity index (χ4n) is 2.71. The molecule has 3 nitrogen and oxygen atoms in total. The molecule has 1 aromatic carbocycles. The SMILES string of the molecule is NC1CC2Cc3cc(O)ccc3N2C1. The van der Waals surface area contributed by atoms with Gasteiger partial charge in [-0.2, -0.15) is 0 Å². The van der Waals surface area contributed by atoms with E-state index >= 15 is 0 Å². The molecule has 0 radical (unpaired) electrons. The predicted molar refractivity (Wildman–Crippen MR) is 55.5 cm³/mol. The molecule has 2 heterocycles. The summed E-state index contributed by atoms with van der Waals surface area (Å²) in [6.07, 6.45) is 2.12. The van der Waals surface area contributed by atoms with Crippen molar-refractivity contribution in [3.63, 3.8) is 0 Å². The number of anilines is 1. The molecule has 0 amide bonds. The van der Waals surface area contributed by atoms with Gasteiger partial charge in [0.15, 0.2) is 0 Å². The molecule has 0 aromatic heterocycles. The fraction of sp³-hybridized carbons (Fsp3) is 0.455. The van der Waals surface area contributed by atoms with Crippen LogP contribution in [-0.2, 0) is 6.42 Å². The van der Waals surface area contributed by atoms with Gasteiger partial charge >= 0.3 is 0 Å². The molecule has 0 aliphatic carbocycles. The van der Waals surface area contributed by atoms with Crippen LogP contribution in [0.15, 0.2) is 18.2 Å². The summed E-state index contributed by atoms with van der Waals surface area (Å²) in [6, 6.07) is 6.52. The maximum Gasteiger partial charge on any atom is 0.116 e. The second-order valence-corrected chi connectivity index (χ2v) is 4.32. The molecule has 3 N–H and O–H groups in total. The number of nitrogens with two attached hydrogens (primary N) is 1. The Labute approximate surface area is 83.1 Å². The maximum absolute atomic E-state index is 9.37. The van der Waals surface area contributed by atoms with Gasteiger partial charge in [0, 0.05) is 24.3 Å². The van der Waals surface area contributed by atoms with Gasteiger partial charge in [0.05, 0.1) is 0 Å². The van der Waals surface area contributed by atoms with Crippen molar-refractivity contribution in [3.8, 4) is 5.75 Å². The summed E-state index contributed by atoms with van der Waals surface area (Å²) in [5, 5.41) is 9.37. The van der Waals surface area contributed by atoms with Crippen LogP contribution in [0.2, 0.25) is 0 Å². The van der Waals surface area contributed by atoms with E-state index in [-0.39, 0.29) is 0 Å². The molecule has 1 saturated heterocycles. The van der Waals surface area contributed by atoms with Crippen LogP contribution in [0, 0.1) is 0 Å². The first kappa shape index (κ1) is 8.12. The van der Waals surface area contributed by atoms with E-state index in [0.29, 0.717) is 17.8 Å². The summed E-state index contributed by atoms with van der Waals surface area (Å²) in [4.78, 5) is 2.37. The lowest BCUT2D eigenvalue weighted by molar-refractivity contribution is 0.474. The van der Waals surface area contributed by atoms with Crippen LogP contribution in [0.25, 0.3) is 0 Å². The zero-order chi connectivity index (χ0) is 9.71. The quantitative estimate of drug-likeness (QED) is 0.637. The van der Waals surface area contributed by atoms with Crippen molar-refractivity contribution in [2.45, 2.75) is 24.9 Å². The van der Waals surface area contributed by atoms with Gasteiger partial charge in [0.1, 0.15) is 5.75 Å². The van der Waals surface area contributed by atoms with E-state index in [1.807, 2.05) is 12.1 Å². The highest BCUT2D eigenvalue weighted by molar-refractivity contribution is 5.62. The van der Waals surface area contributed by atoms with Gasteiger partial charge < -0.3 is 15.7 Å². The molecule has 3 heteroatoms. The number of aromatic hydroxyl groups is 1. The first-order valence-corrected chi connectivity index (χ1v) is 5.08. The van der Waals surface area contributed by atoms with Gasteiger partial charge in [-0.1, -0.05) is 0 Å². The molecule has 0 saturated carbocycles. The summed E-state index contributed by atoms with van der Waals surface area (Å²) in [6.45, 7) is 0.961. The molecule has 0 bridgehead atoms. The van der Waals surface area contributed by atoms with Gasteiger partial charge in [-0.3, -0.25) is 0 Å². The summed E-state index contributed by atoms with van der Waals surface area (Å²) in [7, 11) is 0. The Bertz CT molecular complexity index is 378. The van der Waals surface area contributed by atoms with Gasteiger partial charge in [-0.25, -0.2) is 0 Å². The Hall–Kier alpha value is -1.22. The molecular weight excluding hydrogens is 176 g/mol. The monoisotopic (exact) mass is 190 g/mol. The highest BCUT2D eigenvalue weighted by atomic mass is 16.3. The van der Waals surface area contributed by atoms with E-state index in [0.717, 1.165) is 19.4 Å². The number of rotatable bonds is 0. The number of hydrogen-bond donors (Lipinski definition) is 2. The number of benzene rings is 1. The van der Waals surface area contributed by atoms with Crippen molar-refractivity contribution in [3.05, 3.63) is 23.8 Å². The first-order valence-electron chi connectivity index (χ1n) is 5.08. The maximum atomic E-state index is 9.37. The Morgan fingerprint density at radius 1 is 1.43 bits per heavy atom. The lowest BCUT2D eigenvalue weighted by Gasteiger charge is -2.18. The van der Waals surface area contributed by atoms with Crippen LogP contribution in [0.4, 0.5) is 5.69 Å². The number of phenolic OH excluding ortho intramolecular Hbond substituents is 1. The Morgan fingerprint density at radius 3 is 3.14 bits per heavy atom. The predicted octanol–water partition coefficient (Wildman–Crippen LogP) is 0.854. The molecule has 74 valence electrons. The van der Waals surface area contributed by atoms with Crippen molar-refractivity contribution in [1.29, 1.82) is 0 Å². The summed E-state index contributed by atoms with van der Waals surface area (Å²) < 4.78 is 0. The Morgan fingerprint density at radius 2 is 2.29 bits per heavy atom. The van der Waals surface area contributed by atoms with Crippen LogP contribution >= 0.6 is 0 Å². The minimum Gasteiger partial charge on any atom is -0.508 e. The van der Waals surface area contributed by atoms with Crippen molar-refractivity contribution >= 4 is 5.69 Å². The third-order valence-corrected chi connectivity index (χ3v) is 3.27. The molecule has 3 rings (SSSR count). The van der Waals surface area contributed by atoms with Crippen LogP contribution in [0.5, 0.6) is 5.75 Å². The lowest BCUT2D eigenvalue weighted by atomic mass is 10.1. The largest absolute Gasteiger partial charge is 0.508 e. The van der Waals surface area contributed by atoms with Crippen molar-refractivity contribution in [2.24, 2.45) is 5.73 Å². The third kappa shape index (κ3) is 1.02. The van der Waals surface area contributed by atoms with E-state index in [9.17, 15) is 5.11 Å². The third-order valence-electron chi connectivity index (χ3n) is 3.27. The number of fused-ring (bicyclic) bond motifs is 3. The standard InChI is InChI=1S/C11H14N2O/c12-8-5-9-3-7-4-10(14)1-2-11(7)13(9)6-8/h1-2,4,8-9,14H,3,5-6,12H2. The normalized spacial score (nSPS) is 29.1. The molecule has 14 heavy (non-hydrogen) atoms. The second kappa shape index (κ2) is 2.64. The summed E-state index contributed by atoms with van der Waals surface area (Å²) in [5.41, 5.74) is 8.45. The molecule has 1 aromatic rings. The highest BCUT2D eigenvalue weighted by Crippen LogP contribution is 2.38. The van der Waals surface area contributed by atoms with E-state index in [2.05, 4.69) is 4.90 Å². The Balaban J connectivity index is 2.01. The molecule has 2 unspecified atom stereocenters. The molecule has 2 aliphatic rings. The zero-order valence-electron chi connectivity index (χ0n) is 7.98. The number of phenols is 1. The fourth-order valence-corrected chi connectivity index (χ4v) is 2.71. The second-order valence-electron chi connectivity index (χ2n) is 4.32. The average Bonchev–Trinajstić information content (AvgIpc) is 2.59. The van der Waals surface area contributed by atoms with E-state index < -0.39 is 0 Å². The van der Waals surface area contributed by atoms with Gasteiger partial charge in [-0.05, 0) is 36.6 Å².